The summed E-state index contributed by atoms with van der Waals surface area (Å²) in [7, 11) is 0. The van der Waals surface area contributed by atoms with Crippen LogP contribution in [0.3, 0.4) is 0 Å². The Morgan fingerprint density at radius 2 is 1.56 bits per heavy atom. The fourth-order valence-corrected chi connectivity index (χ4v) is 7.84. The van der Waals surface area contributed by atoms with E-state index in [1.54, 1.807) is 6.07 Å². The van der Waals surface area contributed by atoms with Crippen LogP contribution in [-0.4, -0.2) is 40.6 Å². The average molecular weight is 507 g/mol. The van der Waals surface area contributed by atoms with Gasteiger partial charge in [-0.1, -0.05) is 56.7 Å². The van der Waals surface area contributed by atoms with E-state index in [1.165, 1.54) is 25.0 Å². The van der Waals surface area contributed by atoms with Crippen molar-refractivity contribution in [3.05, 3.63) is 35.4 Å². The molecule has 0 spiro atoms. The molecule has 200 valence electrons. The van der Waals surface area contributed by atoms with Crippen LogP contribution in [0.4, 0.5) is 13.2 Å². The number of aliphatic hydroxyl groups is 1. The highest BCUT2D eigenvalue weighted by atomic mass is 19.4. The summed E-state index contributed by atoms with van der Waals surface area (Å²) >= 11 is 0. The van der Waals surface area contributed by atoms with Gasteiger partial charge in [0, 0.05) is 25.7 Å². The molecule has 1 amide bonds. The second-order valence-corrected chi connectivity index (χ2v) is 12.0. The molecule has 4 nitrogen and oxygen atoms in total. The lowest BCUT2D eigenvalue weighted by atomic mass is 9.65. The van der Waals surface area contributed by atoms with Crippen molar-refractivity contribution in [1.82, 2.24) is 10.2 Å². The first kappa shape index (κ1) is 26.0. The topological polar surface area (TPSA) is 52.6 Å². The predicted molar refractivity (Wildman–Crippen MR) is 133 cm³/mol. The van der Waals surface area contributed by atoms with E-state index in [2.05, 4.69) is 10.2 Å². The minimum absolute atomic E-state index is 0.0349. The maximum absolute atomic E-state index is 13.8. The maximum Gasteiger partial charge on any atom is 0.416 e. The van der Waals surface area contributed by atoms with Crippen LogP contribution < -0.4 is 5.32 Å². The number of halogens is 3. The van der Waals surface area contributed by atoms with Crippen LogP contribution in [0.1, 0.15) is 88.2 Å². The van der Waals surface area contributed by atoms with Gasteiger partial charge in [-0.15, -0.1) is 0 Å². The van der Waals surface area contributed by atoms with Gasteiger partial charge in [-0.25, -0.2) is 0 Å². The monoisotopic (exact) mass is 506 g/mol. The molecule has 1 aliphatic heterocycles. The minimum atomic E-state index is -4.33. The van der Waals surface area contributed by atoms with Gasteiger partial charge in [0.2, 0.25) is 0 Å². The van der Waals surface area contributed by atoms with Gasteiger partial charge in [-0.3, -0.25) is 9.69 Å². The number of hydrogen-bond donors (Lipinski definition) is 2. The Morgan fingerprint density at radius 1 is 0.917 bits per heavy atom. The zero-order valence-electron chi connectivity index (χ0n) is 21.2. The summed E-state index contributed by atoms with van der Waals surface area (Å²) in [5, 5.41) is 15.4. The van der Waals surface area contributed by atoms with Crippen LogP contribution in [0.2, 0.25) is 0 Å². The molecule has 3 atom stereocenters. The number of nitrogens with one attached hydrogen (secondary N) is 1. The molecule has 0 radical (unpaired) electrons. The van der Waals surface area contributed by atoms with E-state index in [-0.39, 0.29) is 23.8 Å². The van der Waals surface area contributed by atoms with Gasteiger partial charge < -0.3 is 10.4 Å². The van der Waals surface area contributed by atoms with Crippen LogP contribution >= 0.6 is 0 Å². The Hall–Kier alpha value is -1.60. The predicted octanol–water partition coefficient (Wildman–Crippen LogP) is 5.92. The average Bonchev–Trinajstić information content (AvgIpc) is 3.45. The third kappa shape index (κ3) is 5.33. The minimum Gasteiger partial charge on any atom is -0.379 e. The van der Waals surface area contributed by atoms with Crippen LogP contribution in [-0.2, 0) is 17.5 Å². The number of carbonyl (C=O) groups is 1. The van der Waals surface area contributed by atoms with E-state index in [0.717, 1.165) is 83.4 Å². The number of amides is 1. The summed E-state index contributed by atoms with van der Waals surface area (Å²) in [5.74, 6) is 0.684. The molecule has 1 aromatic carbocycles. The normalized spacial score (nSPS) is 28.8. The lowest BCUT2D eigenvalue weighted by Crippen LogP contribution is -2.60. The molecular weight excluding hydrogens is 465 g/mol. The van der Waals surface area contributed by atoms with E-state index < -0.39 is 17.3 Å². The molecule has 4 fully saturated rings. The molecule has 2 N–H and O–H groups in total. The zero-order chi connectivity index (χ0) is 25.3. The standard InChI is InChI=1S/C29H41F3N2O2/c30-29(31,32)24-13-7-8-20(16-24)17-34-18-21-14-15-26(25(21)19-34)33-27(35)28(36,22-9-3-1-4-10-22)23-11-5-2-6-12-23/h7-8,13,16,21-23,25-26,36H,1-6,9-12,14-15,17-19H2,(H,33,35). The van der Waals surface area contributed by atoms with E-state index in [9.17, 15) is 23.1 Å². The Morgan fingerprint density at radius 3 is 2.17 bits per heavy atom. The van der Waals surface area contributed by atoms with Crippen molar-refractivity contribution in [3.8, 4) is 0 Å². The Labute approximate surface area is 213 Å². The molecule has 3 aliphatic carbocycles. The van der Waals surface area contributed by atoms with Gasteiger partial charge in [-0.05, 0) is 73.8 Å². The molecular formula is C29H41F3N2O2. The Bertz CT molecular complexity index is 890. The second-order valence-electron chi connectivity index (χ2n) is 12.0. The smallest absolute Gasteiger partial charge is 0.379 e. The van der Waals surface area contributed by atoms with Gasteiger partial charge in [0.1, 0.15) is 5.60 Å². The number of likely N-dealkylation sites (tertiary alicyclic amines) is 1. The van der Waals surface area contributed by atoms with Crippen molar-refractivity contribution < 1.29 is 23.1 Å². The molecule has 1 saturated heterocycles. The highest BCUT2D eigenvalue weighted by molar-refractivity contribution is 5.86. The lowest BCUT2D eigenvalue weighted by molar-refractivity contribution is -0.160. The summed E-state index contributed by atoms with van der Waals surface area (Å²) in [4.78, 5) is 16.1. The maximum atomic E-state index is 13.8. The largest absolute Gasteiger partial charge is 0.416 e. The first-order valence-corrected chi connectivity index (χ1v) is 14.2. The van der Waals surface area contributed by atoms with Gasteiger partial charge in [0.25, 0.3) is 5.91 Å². The van der Waals surface area contributed by atoms with Gasteiger partial charge in [0.15, 0.2) is 0 Å². The molecule has 1 aromatic rings. The Balaban J connectivity index is 1.25. The number of carbonyl (C=O) groups excluding carboxylic acids is 1. The molecule has 0 aromatic heterocycles. The third-order valence-electron chi connectivity index (χ3n) is 9.73. The van der Waals surface area contributed by atoms with Crippen LogP contribution in [0.25, 0.3) is 0 Å². The molecule has 36 heavy (non-hydrogen) atoms. The molecule has 5 rings (SSSR count). The van der Waals surface area contributed by atoms with Gasteiger partial charge in [-0.2, -0.15) is 13.2 Å². The first-order chi connectivity index (χ1) is 17.2. The molecule has 7 heteroatoms. The number of benzene rings is 1. The van der Waals surface area contributed by atoms with Crippen molar-refractivity contribution >= 4 is 5.91 Å². The van der Waals surface area contributed by atoms with Gasteiger partial charge >= 0.3 is 6.18 Å². The summed E-state index contributed by atoms with van der Waals surface area (Å²) in [5.41, 5.74) is -1.20. The highest BCUT2D eigenvalue weighted by Gasteiger charge is 2.52. The van der Waals surface area contributed by atoms with Crippen LogP contribution in [0.15, 0.2) is 24.3 Å². The summed E-state index contributed by atoms with van der Waals surface area (Å²) < 4.78 is 39.4. The van der Waals surface area contributed by atoms with Crippen LogP contribution in [0.5, 0.6) is 0 Å². The zero-order valence-corrected chi connectivity index (χ0v) is 21.2. The van der Waals surface area contributed by atoms with Gasteiger partial charge in [0.05, 0.1) is 5.56 Å². The van der Waals surface area contributed by atoms with Crippen molar-refractivity contribution in [1.29, 1.82) is 0 Å². The number of alkyl halides is 3. The third-order valence-corrected chi connectivity index (χ3v) is 9.73. The molecule has 3 unspecified atom stereocenters. The molecule has 1 heterocycles. The van der Waals surface area contributed by atoms with E-state index in [4.69, 9.17) is 0 Å². The van der Waals surface area contributed by atoms with E-state index in [0.29, 0.717) is 23.9 Å². The van der Waals surface area contributed by atoms with Crippen LogP contribution in [0, 0.1) is 23.7 Å². The molecule has 3 saturated carbocycles. The van der Waals surface area contributed by atoms with E-state index in [1.807, 2.05) is 0 Å². The van der Waals surface area contributed by atoms with E-state index >= 15 is 0 Å². The van der Waals surface area contributed by atoms with Crippen molar-refractivity contribution in [3.63, 3.8) is 0 Å². The SMILES string of the molecule is O=C(NC1CCC2CN(Cc3cccc(C(F)(F)F)c3)CC21)C(O)(C1CCCCC1)C1CCCCC1. The highest BCUT2D eigenvalue weighted by Crippen LogP contribution is 2.44. The van der Waals surface area contributed by atoms with Crippen molar-refractivity contribution in [2.24, 2.45) is 23.7 Å². The second kappa shape index (κ2) is 10.6. The quantitative estimate of drug-likeness (QED) is 0.503. The number of fused-ring (bicyclic) bond motifs is 1. The summed E-state index contributed by atoms with van der Waals surface area (Å²) in [6.07, 6.45) is 8.06. The number of nitrogens with zero attached hydrogens (tertiary/aromatic N) is 1. The lowest BCUT2D eigenvalue weighted by Gasteiger charge is -2.44. The fraction of sp³-hybridized carbons (Fsp3) is 0.759. The summed E-state index contributed by atoms with van der Waals surface area (Å²) in [6.45, 7) is 2.12. The number of hydrogen-bond acceptors (Lipinski definition) is 3. The number of rotatable bonds is 6. The molecule has 4 aliphatic rings. The van der Waals surface area contributed by atoms with Crippen molar-refractivity contribution in [2.45, 2.75) is 101 Å². The summed E-state index contributed by atoms with van der Waals surface area (Å²) in [6, 6.07) is 5.65. The Kier molecular flexibility index (Phi) is 7.69. The molecule has 0 bridgehead atoms. The fourth-order valence-electron chi connectivity index (χ4n) is 7.84. The first-order valence-electron chi connectivity index (χ1n) is 14.2. The van der Waals surface area contributed by atoms with Crippen molar-refractivity contribution in [2.75, 3.05) is 13.1 Å².